The largest absolute Gasteiger partial charge is 0.347 e. The second kappa shape index (κ2) is 6.18. The molecule has 6 nitrogen and oxygen atoms in total. The third kappa shape index (κ3) is 2.91. The number of hydrogen-bond donors (Lipinski definition) is 1. The molecule has 0 bridgehead atoms. The molecule has 2 saturated heterocycles. The average Bonchev–Trinajstić information content (AvgIpc) is 3.22. The molecule has 1 aromatic heterocycles. The topological polar surface area (TPSA) is 67.5 Å². The number of nitrogens with one attached hydrogen (secondary N) is 1. The molecule has 0 atom stereocenters. The summed E-state index contributed by atoms with van der Waals surface area (Å²) in [5.74, 6) is 0.714. The minimum atomic E-state index is -0.428. The number of piperidine rings is 1. The molecule has 0 radical (unpaired) electrons. The molecule has 4 rings (SSSR count). The van der Waals surface area contributed by atoms with E-state index in [1.54, 1.807) is 0 Å². The van der Waals surface area contributed by atoms with Crippen molar-refractivity contribution in [3.8, 4) is 0 Å². The van der Waals surface area contributed by atoms with Crippen molar-refractivity contribution in [1.29, 1.82) is 0 Å². The van der Waals surface area contributed by atoms with Crippen molar-refractivity contribution in [3.05, 3.63) is 29.6 Å². The zero-order valence-electron chi connectivity index (χ0n) is 14.0. The van der Waals surface area contributed by atoms with Crippen molar-refractivity contribution in [2.75, 3.05) is 26.3 Å². The molecule has 128 valence electrons. The molecule has 0 aliphatic carbocycles. The van der Waals surface area contributed by atoms with Gasteiger partial charge < -0.3 is 19.4 Å². The molecule has 1 spiro atoms. The third-order valence-corrected chi connectivity index (χ3v) is 4.98. The number of ether oxygens (including phenoxy) is 2. The maximum Gasteiger partial charge on any atom is 0.226 e. The molecular weight excluding hydrogens is 306 g/mol. The number of aryl methyl sites for hydroxylation is 1. The number of nitrogens with zero attached hydrogens (tertiary/aromatic N) is 2. The Hall–Kier alpha value is -1.92. The molecule has 2 aliphatic heterocycles. The van der Waals surface area contributed by atoms with Crippen LogP contribution in [0.25, 0.3) is 11.0 Å². The maximum atomic E-state index is 12.6. The Bertz CT molecular complexity index is 739. The first-order valence-electron chi connectivity index (χ1n) is 8.71. The first-order chi connectivity index (χ1) is 11.7. The Morgan fingerprint density at radius 3 is 2.75 bits per heavy atom. The number of fused-ring (bicyclic) bond motifs is 1. The van der Waals surface area contributed by atoms with Crippen molar-refractivity contribution >= 4 is 16.9 Å². The number of amides is 1. The van der Waals surface area contributed by atoms with Crippen LogP contribution >= 0.6 is 0 Å². The van der Waals surface area contributed by atoms with Crippen molar-refractivity contribution < 1.29 is 14.3 Å². The molecule has 24 heavy (non-hydrogen) atoms. The number of aromatic amines is 1. The van der Waals surface area contributed by atoms with Crippen LogP contribution in [-0.4, -0.2) is 52.9 Å². The molecule has 2 fully saturated rings. The number of H-pyrrole nitrogens is 1. The van der Waals surface area contributed by atoms with Gasteiger partial charge in [-0.25, -0.2) is 4.98 Å². The van der Waals surface area contributed by atoms with Gasteiger partial charge in [0.15, 0.2) is 5.79 Å². The minimum Gasteiger partial charge on any atom is -0.347 e. The van der Waals surface area contributed by atoms with Gasteiger partial charge in [-0.05, 0) is 17.7 Å². The van der Waals surface area contributed by atoms with Crippen molar-refractivity contribution in [2.45, 2.75) is 38.4 Å². The summed E-state index contributed by atoms with van der Waals surface area (Å²) < 4.78 is 11.4. The van der Waals surface area contributed by atoms with E-state index in [0.29, 0.717) is 32.7 Å². The number of aromatic nitrogens is 2. The lowest BCUT2D eigenvalue weighted by Gasteiger charge is -2.37. The number of carbonyl (C=O) groups excluding carboxylic acids is 1. The molecule has 1 amide bonds. The quantitative estimate of drug-likeness (QED) is 0.936. The van der Waals surface area contributed by atoms with Crippen LogP contribution in [0.5, 0.6) is 0 Å². The number of benzene rings is 1. The second-order valence-corrected chi connectivity index (χ2v) is 6.55. The highest BCUT2D eigenvalue weighted by Crippen LogP contribution is 2.31. The predicted octanol–water partition coefficient (Wildman–Crippen LogP) is 2.03. The first-order valence-corrected chi connectivity index (χ1v) is 8.71. The van der Waals surface area contributed by atoms with Crippen LogP contribution in [0.1, 0.15) is 31.2 Å². The second-order valence-electron chi connectivity index (χ2n) is 6.55. The molecule has 1 N–H and O–H groups in total. The van der Waals surface area contributed by atoms with E-state index < -0.39 is 5.79 Å². The first kappa shape index (κ1) is 15.6. The lowest BCUT2D eigenvalue weighted by atomic mass is 10.0. The zero-order valence-corrected chi connectivity index (χ0v) is 14.0. The van der Waals surface area contributed by atoms with E-state index in [-0.39, 0.29) is 5.91 Å². The standard InChI is InChI=1S/C18H23N3O3/c1-2-16-19-14-4-3-13(11-15(14)20-16)12-17(22)21-7-5-18(6-8-21)23-9-10-24-18/h3-4,11H,2,5-10,12H2,1H3,(H,19,20). The van der Waals surface area contributed by atoms with Crippen molar-refractivity contribution in [1.82, 2.24) is 14.9 Å². The summed E-state index contributed by atoms with van der Waals surface area (Å²) in [6, 6.07) is 6.02. The number of imidazole rings is 1. The summed E-state index contributed by atoms with van der Waals surface area (Å²) in [6.45, 7) is 4.80. The fourth-order valence-corrected chi connectivity index (χ4v) is 3.56. The van der Waals surface area contributed by atoms with Gasteiger partial charge in [0.1, 0.15) is 5.82 Å². The summed E-state index contributed by atoms with van der Waals surface area (Å²) >= 11 is 0. The van der Waals surface area contributed by atoms with Gasteiger partial charge in [0.05, 0.1) is 30.7 Å². The third-order valence-electron chi connectivity index (χ3n) is 4.98. The van der Waals surface area contributed by atoms with E-state index in [2.05, 4.69) is 16.9 Å². The van der Waals surface area contributed by atoms with Crippen LogP contribution in [0.4, 0.5) is 0 Å². The Kier molecular flexibility index (Phi) is 4.02. The van der Waals surface area contributed by atoms with Gasteiger partial charge in [-0.1, -0.05) is 13.0 Å². The van der Waals surface area contributed by atoms with E-state index >= 15 is 0 Å². The molecule has 2 aromatic rings. The molecule has 2 aliphatic rings. The van der Waals surface area contributed by atoms with Crippen LogP contribution in [-0.2, 0) is 27.1 Å². The van der Waals surface area contributed by atoms with Crippen LogP contribution < -0.4 is 0 Å². The summed E-state index contributed by atoms with van der Waals surface area (Å²) in [5, 5.41) is 0. The van der Waals surface area contributed by atoms with Crippen molar-refractivity contribution in [3.63, 3.8) is 0 Å². The minimum absolute atomic E-state index is 0.164. The van der Waals surface area contributed by atoms with E-state index in [1.165, 1.54) is 0 Å². The van der Waals surface area contributed by atoms with E-state index in [0.717, 1.165) is 41.7 Å². The van der Waals surface area contributed by atoms with E-state index in [9.17, 15) is 4.79 Å². The molecule has 6 heteroatoms. The maximum absolute atomic E-state index is 12.6. The van der Waals surface area contributed by atoms with Gasteiger partial charge in [0, 0.05) is 32.4 Å². The highest BCUT2D eigenvalue weighted by Gasteiger charge is 2.40. The SMILES string of the molecule is CCc1nc2ccc(CC(=O)N3CCC4(CC3)OCCO4)cc2[nH]1. The monoisotopic (exact) mass is 329 g/mol. The molecular formula is C18H23N3O3. The normalized spacial score (nSPS) is 20.1. The van der Waals surface area contributed by atoms with E-state index in [4.69, 9.17) is 9.47 Å². The van der Waals surface area contributed by atoms with E-state index in [1.807, 2.05) is 23.1 Å². The van der Waals surface area contributed by atoms with Gasteiger partial charge in [0.25, 0.3) is 0 Å². The van der Waals surface area contributed by atoms with Crippen LogP contribution in [0.3, 0.4) is 0 Å². The van der Waals surface area contributed by atoms with Gasteiger partial charge in [-0.15, -0.1) is 0 Å². The summed E-state index contributed by atoms with van der Waals surface area (Å²) in [5.41, 5.74) is 2.98. The zero-order chi connectivity index (χ0) is 16.6. The van der Waals surface area contributed by atoms with Gasteiger partial charge in [-0.2, -0.15) is 0 Å². The number of likely N-dealkylation sites (tertiary alicyclic amines) is 1. The number of hydrogen-bond acceptors (Lipinski definition) is 4. The Morgan fingerprint density at radius 2 is 2.04 bits per heavy atom. The summed E-state index contributed by atoms with van der Waals surface area (Å²) in [7, 11) is 0. The smallest absolute Gasteiger partial charge is 0.226 e. The van der Waals surface area contributed by atoms with Gasteiger partial charge >= 0.3 is 0 Å². The fourth-order valence-electron chi connectivity index (χ4n) is 3.56. The molecule has 0 saturated carbocycles. The Balaban J connectivity index is 1.40. The molecule has 3 heterocycles. The number of carbonyl (C=O) groups is 1. The Labute approximate surface area is 141 Å². The summed E-state index contributed by atoms with van der Waals surface area (Å²) in [4.78, 5) is 22.3. The lowest BCUT2D eigenvalue weighted by Crippen LogP contribution is -2.47. The van der Waals surface area contributed by atoms with Gasteiger partial charge in [0.2, 0.25) is 5.91 Å². The van der Waals surface area contributed by atoms with Crippen LogP contribution in [0, 0.1) is 0 Å². The fraction of sp³-hybridized carbons (Fsp3) is 0.556. The highest BCUT2D eigenvalue weighted by atomic mass is 16.7. The number of rotatable bonds is 3. The molecule has 0 unspecified atom stereocenters. The van der Waals surface area contributed by atoms with Crippen LogP contribution in [0.2, 0.25) is 0 Å². The molecule has 1 aromatic carbocycles. The van der Waals surface area contributed by atoms with Crippen molar-refractivity contribution in [2.24, 2.45) is 0 Å². The predicted molar refractivity (Wildman–Crippen MR) is 89.6 cm³/mol. The van der Waals surface area contributed by atoms with Crippen LogP contribution in [0.15, 0.2) is 18.2 Å². The Morgan fingerprint density at radius 1 is 1.29 bits per heavy atom. The summed E-state index contributed by atoms with van der Waals surface area (Å²) in [6.07, 6.45) is 2.82. The average molecular weight is 329 g/mol. The van der Waals surface area contributed by atoms with Gasteiger partial charge in [-0.3, -0.25) is 4.79 Å². The highest BCUT2D eigenvalue weighted by molar-refractivity contribution is 5.82. The lowest BCUT2D eigenvalue weighted by molar-refractivity contribution is -0.187.